The Kier molecular flexibility index (Phi) is 5.48. The van der Waals surface area contributed by atoms with Gasteiger partial charge < -0.3 is 15.4 Å². The zero-order valence-electron chi connectivity index (χ0n) is 12.7. The quantitative estimate of drug-likeness (QED) is 0.875. The van der Waals surface area contributed by atoms with Crippen molar-refractivity contribution < 1.29 is 9.53 Å². The normalized spacial score (nSPS) is 21.9. The number of halogens is 1. The predicted octanol–water partition coefficient (Wildman–Crippen LogP) is 3.46. The van der Waals surface area contributed by atoms with Gasteiger partial charge in [0, 0.05) is 11.6 Å². The topological polar surface area (TPSA) is 50.4 Å². The Bertz CT molecular complexity index is 499. The summed E-state index contributed by atoms with van der Waals surface area (Å²) in [5, 5.41) is 6.85. The van der Waals surface area contributed by atoms with Crippen LogP contribution in [0.4, 0.5) is 5.69 Å². The second-order valence-electron chi connectivity index (χ2n) is 5.78. The van der Waals surface area contributed by atoms with Crippen molar-refractivity contribution in [2.24, 2.45) is 5.41 Å². The molecule has 0 spiro atoms. The van der Waals surface area contributed by atoms with Crippen molar-refractivity contribution in [2.45, 2.75) is 33.1 Å². The van der Waals surface area contributed by atoms with Crippen LogP contribution in [0, 0.1) is 5.41 Å². The largest absolute Gasteiger partial charge is 0.491 e. The van der Waals surface area contributed by atoms with Crippen LogP contribution >= 0.6 is 11.6 Å². The zero-order valence-corrected chi connectivity index (χ0v) is 13.4. The Morgan fingerprint density at radius 1 is 1.52 bits per heavy atom. The first-order valence-electron chi connectivity index (χ1n) is 7.50. The summed E-state index contributed by atoms with van der Waals surface area (Å²) in [6.45, 7) is 6.33. The Labute approximate surface area is 131 Å². The van der Waals surface area contributed by atoms with Crippen LogP contribution in [-0.4, -0.2) is 25.6 Å². The van der Waals surface area contributed by atoms with E-state index in [-0.39, 0.29) is 11.3 Å². The van der Waals surface area contributed by atoms with E-state index in [2.05, 4.69) is 10.6 Å². The van der Waals surface area contributed by atoms with Gasteiger partial charge >= 0.3 is 0 Å². The molecular formula is C16H23ClN2O2. The van der Waals surface area contributed by atoms with Crippen molar-refractivity contribution in [3.8, 4) is 5.75 Å². The summed E-state index contributed by atoms with van der Waals surface area (Å²) in [6, 6.07) is 5.31. The highest BCUT2D eigenvalue weighted by molar-refractivity contribution is 6.31. The molecule has 1 atom stereocenters. The summed E-state index contributed by atoms with van der Waals surface area (Å²) in [6.07, 6.45) is 2.81. The summed E-state index contributed by atoms with van der Waals surface area (Å²) in [4.78, 5) is 12.6. The van der Waals surface area contributed by atoms with Crippen molar-refractivity contribution in [2.75, 3.05) is 25.0 Å². The molecular weight excluding hydrogens is 288 g/mol. The van der Waals surface area contributed by atoms with Crippen LogP contribution in [0.25, 0.3) is 0 Å². The van der Waals surface area contributed by atoms with E-state index in [1.807, 2.05) is 13.8 Å². The first-order valence-corrected chi connectivity index (χ1v) is 7.87. The van der Waals surface area contributed by atoms with Crippen LogP contribution in [0.3, 0.4) is 0 Å². The van der Waals surface area contributed by atoms with Gasteiger partial charge in [-0.2, -0.15) is 0 Å². The number of ether oxygens (including phenoxy) is 1. The molecule has 2 N–H and O–H groups in total. The van der Waals surface area contributed by atoms with Crippen molar-refractivity contribution in [1.29, 1.82) is 0 Å². The Hall–Kier alpha value is -1.26. The van der Waals surface area contributed by atoms with Gasteiger partial charge in [-0.3, -0.25) is 4.79 Å². The van der Waals surface area contributed by atoms with Gasteiger partial charge in [0.15, 0.2) is 0 Å². The molecule has 4 nitrogen and oxygen atoms in total. The molecule has 5 heteroatoms. The van der Waals surface area contributed by atoms with Crippen molar-refractivity contribution >= 4 is 23.2 Å². The van der Waals surface area contributed by atoms with Gasteiger partial charge in [-0.1, -0.05) is 18.5 Å². The second kappa shape index (κ2) is 7.14. The van der Waals surface area contributed by atoms with E-state index in [1.165, 1.54) is 0 Å². The predicted molar refractivity (Wildman–Crippen MR) is 86.1 cm³/mol. The summed E-state index contributed by atoms with van der Waals surface area (Å²) < 4.78 is 5.67. The third-order valence-electron chi connectivity index (χ3n) is 3.80. The Morgan fingerprint density at radius 2 is 2.33 bits per heavy atom. The maximum Gasteiger partial charge on any atom is 0.231 e. The minimum absolute atomic E-state index is 0.0123. The van der Waals surface area contributed by atoms with Gasteiger partial charge in [0.25, 0.3) is 0 Å². The van der Waals surface area contributed by atoms with Crippen LogP contribution in [-0.2, 0) is 4.79 Å². The molecule has 21 heavy (non-hydrogen) atoms. The first kappa shape index (κ1) is 16.1. The molecule has 1 aliphatic heterocycles. The van der Waals surface area contributed by atoms with Crippen LogP contribution in [0.1, 0.15) is 33.1 Å². The molecule has 2 rings (SSSR count). The average molecular weight is 311 g/mol. The van der Waals surface area contributed by atoms with Gasteiger partial charge in [-0.15, -0.1) is 0 Å². The van der Waals surface area contributed by atoms with Crippen LogP contribution in [0.2, 0.25) is 5.02 Å². The lowest BCUT2D eigenvalue weighted by Crippen LogP contribution is -2.46. The standard InChI is InChI=1S/C16H23ClN2O2/c1-3-9-21-14-6-5-12(17)10-13(14)19-15(20)16(2)7-4-8-18-11-16/h5-6,10,18H,3-4,7-9,11H2,1-2H3,(H,19,20). The summed E-state index contributed by atoms with van der Waals surface area (Å²) in [5.74, 6) is 0.681. The number of amides is 1. The molecule has 0 radical (unpaired) electrons. The molecule has 1 aliphatic rings. The van der Waals surface area contributed by atoms with E-state index in [4.69, 9.17) is 16.3 Å². The number of carbonyl (C=O) groups is 1. The van der Waals surface area contributed by atoms with Crippen LogP contribution in [0.5, 0.6) is 5.75 Å². The minimum Gasteiger partial charge on any atom is -0.491 e. The van der Waals surface area contributed by atoms with E-state index in [0.717, 1.165) is 25.8 Å². The van der Waals surface area contributed by atoms with Crippen LogP contribution in [0.15, 0.2) is 18.2 Å². The summed E-state index contributed by atoms with van der Waals surface area (Å²) in [7, 11) is 0. The highest BCUT2D eigenvalue weighted by Crippen LogP contribution is 2.32. The van der Waals surface area contributed by atoms with E-state index in [9.17, 15) is 4.79 Å². The maximum absolute atomic E-state index is 12.6. The number of hydrogen-bond donors (Lipinski definition) is 2. The summed E-state index contributed by atoms with van der Waals surface area (Å²) in [5.41, 5.74) is 0.260. The van der Waals surface area contributed by atoms with Crippen molar-refractivity contribution in [3.63, 3.8) is 0 Å². The van der Waals surface area contributed by atoms with Gasteiger partial charge in [-0.05, 0) is 50.9 Å². The van der Waals surface area contributed by atoms with Gasteiger partial charge in [0.2, 0.25) is 5.91 Å². The molecule has 0 aromatic heterocycles. The average Bonchev–Trinajstić information content (AvgIpc) is 2.47. The molecule has 116 valence electrons. The molecule has 1 aromatic carbocycles. The molecule has 0 saturated carbocycles. The molecule has 1 amide bonds. The number of nitrogens with one attached hydrogen (secondary N) is 2. The van der Waals surface area contributed by atoms with E-state index < -0.39 is 0 Å². The lowest BCUT2D eigenvalue weighted by molar-refractivity contribution is -0.125. The maximum atomic E-state index is 12.6. The number of piperidine rings is 1. The fourth-order valence-electron chi connectivity index (χ4n) is 2.46. The third kappa shape index (κ3) is 4.11. The fourth-order valence-corrected chi connectivity index (χ4v) is 2.63. The number of benzene rings is 1. The second-order valence-corrected chi connectivity index (χ2v) is 6.22. The van der Waals surface area contributed by atoms with Gasteiger partial charge in [-0.25, -0.2) is 0 Å². The van der Waals surface area contributed by atoms with E-state index >= 15 is 0 Å². The molecule has 0 aliphatic carbocycles. The monoisotopic (exact) mass is 310 g/mol. The molecule has 0 bridgehead atoms. The molecule has 1 heterocycles. The molecule has 1 fully saturated rings. The van der Waals surface area contributed by atoms with Gasteiger partial charge in [0.1, 0.15) is 5.75 Å². The Morgan fingerprint density at radius 3 is 3.00 bits per heavy atom. The third-order valence-corrected chi connectivity index (χ3v) is 4.03. The number of anilines is 1. The lowest BCUT2D eigenvalue weighted by Gasteiger charge is -2.32. The van der Waals surface area contributed by atoms with E-state index in [0.29, 0.717) is 29.6 Å². The molecule has 1 aromatic rings. The molecule has 1 unspecified atom stereocenters. The van der Waals surface area contributed by atoms with Gasteiger partial charge in [0.05, 0.1) is 17.7 Å². The van der Waals surface area contributed by atoms with Crippen molar-refractivity contribution in [3.05, 3.63) is 23.2 Å². The van der Waals surface area contributed by atoms with Crippen molar-refractivity contribution in [1.82, 2.24) is 5.32 Å². The first-order chi connectivity index (χ1) is 10.0. The highest BCUT2D eigenvalue weighted by Gasteiger charge is 2.35. The number of hydrogen-bond acceptors (Lipinski definition) is 3. The van der Waals surface area contributed by atoms with Crippen LogP contribution < -0.4 is 15.4 Å². The SMILES string of the molecule is CCCOc1ccc(Cl)cc1NC(=O)C1(C)CCCNC1. The summed E-state index contributed by atoms with van der Waals surface area (Å²) >= 11 is 6.04. The zero-order chi connectivity index (χ0) is 15.3. The number of carbonyl (C=O) groups excluding carboxylic acids is 1. The Balaban J connectivity index is 2.13. The smallest absolute Gasteiger partial charge is 0.231 e. The fraction of sp³-hybridized carbons (Fsp3) is 0.562. The lowest BCUT2D eigenvalue weighted by atomic mass is 9.82. The minimum atomic E-state index is -0.386. The molecule has 1 saturated heterocycles. The van der Waals surface area contributed by atoms with E-state index in [1.54, 1.807) is 18.2 Å². The highest BCUT2D eigenvalue weighted by atomic mass is 35.5. The number of rotatable bonds is 5.